The summed E-state index contributed by atoms with van der Waals surface area (Å²) >= 11 is 0. The first-order valence-electron chi connectivity index (χ1n) is 7.29. The lowest BCUT2D eigenvalue weighted by Crippen LogP contribution is -2.29. The Morgan fingerprint density at radius 2 is 1.32 bits per heavy atom. The summed E-state index contributed by atoms with van der Waals surface area (Å²) in [7, 11) is 3.30. The summed E-state index contributed by atoms with van der Waals surface area (Å²) in [5, 5.41) is 0. The van der Waals surface area contributed by atoms with Crippen molar-refractivity contribution in [2.24, 2.45) is 0 Å². The molecule has 22 heavy (non-hydrogen) atoms. The van der Waals surface area contributed by atoms with Gasteiger partial charge in [-0.1, -0.05) is 0 Å². The Balaban J connectivity index is 2.03. The minimum Gasteiger partial charge on any atom is -0.497 e. The van der Waals surface area contributed by atoms with Crippen LogP contribution in [0.1, 0.15) is 18.1 Å². The molecule has 1 saturated heterocycles. The third kappa shape index (κ3) is 2.56. The normalized spacial score (nSPS) is 19.9. The van der Waals surface area contributed by atoms with Crippen LogP contribution in [0.5, 0.6) is 11.5 Å². The average Bonchev–Trinajstić information content (AvgIpc) is 2.98. The van der Waals surface area contributed by atoms with E-state index in [0.29, 0.717) is 6.61 Å². The molecule has 1 atom stereocenters. The van der Waals surface area contributed by atoms with Crippen LogP contribution in [0.3, 0.4) is 0 Å². The van der Waals surface area contributed by atoms with Crippen molar-refractivity contribution in [1.29, 1.82) is 0 Å². The third-order valence-electron chi connectivity index (χ3n) is 3.83. The first kappa shape index (κ1) is 14.9. The molecule has 0 aromatic heterocycles. The highest BCUT2D eigenvalue weighted by atomic mass is 16.7. The molecule has 0 spiro atoms. The molecular formula is C18H20O4. The van der Waals surface area contributed by atoms with Crippen molar-refractivity contribution in [2.75, 3.05) is 20.8 Å². The summed E-state index contributed by atoms with van der Waals surface area (Å²) in [6.07, 6.45) is 0.0317. The fourth-order valence-electron chi connectivity index (χ4n) is 2.68. The Morgan fingerprint density at radius 1 is 0.864 bits per heavy atom. The number of rotatable bonds is 4. The summed E-state index contributed by atoms with van der Waals surface area (Å²) in [5.74, 6) is 0.733. The second-order valence-electron chi connectivity index (χ2n) is 5.31. The van der Waals surface area contributed by atoms with E-state index in [9.17, 15) is 0 Å². The highest BCUT2D eigenvalue weighted by molar-refractivity contribution is 5.39. The van der Waals surface area contributed by atoms with Gasteiger partial charge in [0.25, 0.3) is 0 Å². The van der Waals surface area contributed by atoms with Gasteiger partial charge < -0.3 is 18.9 Å². The average molecular weight is 300 g/mol. The van der Waals surface area contributed by atoms with Gasteiger partial charge in [-0.05, 0) is 55.5 Å². The third-order valence-corrected chi connectivity index (χ3v) is 3.83. The number of benzene rings is 2. The largest absolute Gasteiger partial charge is 0.497 e. The molecule has 1 unspecified atom stereocenters. The lowest BCUT2D eigenvalue weighted by molar-refractivity contribution is -0.140. The molecule has 0 amide bonds. The van der Waals surface area contributed by atoms with Gasteiger partial charge >= 0.3 is 0 Å². The van der Waals surface area contributed by atoms with Crippen LogP contribution in [0, 0.1) is 0 Å². The molecule has 0 N–H and O–H groups in total. The molecule has 4 heteroatoms. The quantitative estimate of drug-likeness (QED) is 0.868. The standard InChI is InChI=1S/C18H20O4/c1-13-12-21-18(22-13,14-4-8-16(19-2)9-5-14)15-6-10-17(20-3)11-7-15/h4-11,13H,12H2,1-3H3. The molecule has 2 aromatic carbocycles. The van der Waals surface area contributed by atoms with E-state index in [0.717, 1.165) is 22.6 Å². The molecule has 3 rings (SSSR count). The summed E-state index contributed by atoms with van der Waals surface area (Å²) < 4.78 is 22.7. The molecule has 0 aliphatic carbocycles. The van der Waals surface area contributed by atoms with E-state index < -0.39 is 5.79 Å². The summed E-state index contributed by atoms with van der Waals surface area (Å²) in [5.41, 5.74) is 1.89. The van der Waals surface area contributed by atoms with Crippen molar-refractivity contribution in [1.82, 2.24) is 0 Å². The van der Waals surface area contributed by atoms with Gasteiger partial charge in [-0.2, -0.15) is 0 Å². The fraction of sp³-hybridized carbons (Fsp3) is 0.333. The van der Waals surface area contributed by atoms with Gasteiger partial charge in [0.1, 0.15) is 11.5 Å². The predicted octanol–water partition coefficient (Wildman–Crippen LogP) is 3.34. The van der Waals surface area contributed by atoms with Gasteiger partial charge in [0.2, 0.25) is 5.79 Å². The van der Waals surface area contributed by atoms with Crippen LogP contribution in [0.15, 0.2) is 48.5 Å². The molecule has 0 saturated carbocycles. The van der Waals surface area contributed by atoms with Gasteiger partial charge in [-0.3, -0.25) is 0 Å². The Labute approximate surface area is 130 Å². The van der Waals surface area contributed by atoms with Crippen LogP contribution in [-0.2, 0) is 15.3 Å². The van der Waals surface area contributed by atoms with E-state index in [-0.39, 0.29) is 6.10 Å². The summed E-state index contributed by atoms with van der Waals surface area (Å²) in [6, 6.07) is 15.5. The number of methoxy groups -OCH3 is 2. The van der Waals surface area contributed by atoms with Crippen LogP contribution in [0.2, 0.25) is 0 Å². The maximum absolute atomic E-state index is 6.16. The number of hydrogen-bond donors (Lipinski definition) is 0. The number of ether oxygens (including phenoxy) is 4. The molecule has 1 heterocycles. The molecule has 116 valence electrons. The van der Waals surface area contributed by atoms with Gasteiger partial charge in [0.15, 0.2) is 0 Å². The van der Waals surface area contributed by atoms with Crippen LogP contribution in [-0.4, -0.2) is 26.9 Å². The maximum Gasteiger partial charge on any atom is 0.222 e. The second-order valence-corrected chi connectivity index (χ2v) is 5.31. The van der Waals surface area contributed by atoms with Gasteiger partial charge in [0.05, 0.1) is 26.9 Å². The first-order chi connectivity index (χ1) is 10.7. The van der Waals surface area contributed by atoms with Crippen molar-refractivity contribution in [2.45, 2.75) is 18.8 Å². The molecule has 2 aromatic rings. The van der Waals surface area contributed by atoms with Gasteiger partial charge in [0, 0.05) is 11.1 Å². The highest BCUT2D eigenvalue weighted by Gasteiger charge is 2.43. The van der Waals surface area contributed by atoms with E-state index in [1.807, 2.05) is 55.5 Å². The lowest BCUT2D eigenvalue weighted by Gasteiger charge is -2.29. The minimum atomic E-state index is -0.877. The van der Waals surface area contributed by atoms with E-state index >= 15 is 0 Å². The van der Waals surface area contributed by atoms with Crippen LogP contribution in [0.25, 0.3) is 0 Å². The van der Waals surface area contributed by atoms with Crippen LogP contribution >= 0.6 is 0 Å². The zero-order valence-electron chi connectivity index (χ0n) is 13.0. The maximum atomic E-state index is 6.16. The first-order valence-corrected chi connectivity index (χ1v) is 7.29. The second kappa shape index (κ2) is 5.99. The van der Waals surface area contributed by atoms with Crippen molar-refractivity contribution >= 4 is 0 Å². The van der Waals surface area contributed by atoms with Crippen LogP contribution < -0.4 is 9.47 Å². The molecule has 1 aliphatic rings. The van der Waals surface area contributed by atoms with E-state index in [4.69, 9.17) is 18.9 Å². The van der Waals surface area contributed by atoms with Gasteiger partial charge in [-0.25, -0.2) is 0 Å². The number of hydrogen-bond acceptors (Lipinski definition) is 4. The smallest absolute Gasteiger partial charge is 0.222 e. The molecule has 0 radical (unpaired) electrons. The van der Waals surface area contributed by atoms with E-state index in [1.165, 1.54) is 0 Å². The van der Waals surface area contributed by atoms with Crippen molar-refractivity contribution < 1.29 is 18.9 Å². The minimum absolute atomic E-state index is 0.0317. The molecule has 4 nitrogen and oxygen atoms in total. The van der Waals surface area contributed by atoms with Crippen molar-refractivity contribution in [3.05, 3.63) is 59.7 Å². The molecule has 0 bridgehead atoms. The SMILES string of the molecule is COc1ccc(C2(c3ccc(OC)cc3)OCC(C)O2)cc1. The zero-order valence-corrected chi connectivity index (χ0v) is 13.0. The molecular weight excluding hydrogens is 280 g/mol. The van der Waals surface area contributed by atoms with E-state index in [1.54, 1.807) is 14.2 Å². The summed E-state index contributed by atoms with van der Waals surface area (Å²) in [4.78, 5) is 0. The highest BCUT2D eigenvalue weighted by Crippen LogP contribution is 2.41. The Hall–Kier alpha value is -2.04. The van der Waals surface area contributed by atoms with Gasteiger partial charge in [-0.15, -0.1) is 0 Å². The van der Waals surface area contributed by atoms with E-state index in [2.05, 4.69) is 0 Å². The molecule has 1 aliphatic heterocycles. The summed E-state index contributed by atoms with van der Waals surface area (Å²) in [6.45, 7) is 2.56. The lowest BCUT2D eigenvalue weighted by atomic mass is 9.97. The van der Waals surface area contributed by atoms with Crippen molar-refractivity contribution in [3.63, 3.8) is 0 Å². The zero-order chi connectivity index (χ0) is 15.6. The topological polar surface area (TPSA) is 36.9 Å². The Kier molecular flexibility index (Phi) is 4.05. The molecule has 1 fully saturated rings. The van der Waals surface area contributed by atoms with Crippen molar-refractivity contribution in [3.8, 4) is 11.5 Å². The van der Waals surface area contributed by atoms with Crippen LogP contribution in [0.4, 0.5) is 0 Å². The predicted molar refractivity (Wildman–Crippen MR) is 83.3 cm³/mol. The monoisotopic (exact) mass is 300 g/mol. The Bertz CT molecular complexity index is 571. The Morgan fingerprint density at radius 3 is 1.64 bits per heavy atom. The fourth-order valence-corrected chi connectivity index (χ4v) is 2.68.